The Labute approximate surface area is 567 Å². The lowest BCUT2D eigenvalue weighted by Crippen LogP contribution is -2.37. The van der Waals surface area contributed by atoms with E-state index in [4.69, 9.17) is 29.4 Å². The smallest absolute Gasteiger partial charge is 0.164 e. The van der Waals surface area contributed by atoms with E-state index >= 15 is 0 Å². The molecule has 0 saturated heterocycles. The molecule has 2 aromatic heterocycles. The van der Waals surface area contributed by atoms with Crippen LogP contribution in [0.25, 0.3) is 112 Å². The molecule has 20 rings (SSSR count). The summed E-state index contributed by atoms with van der Waals surface area (Å²) in [6.07, 6.45) is 9.19. The van der Waals surface area contributed by atoms with Crippen LogP contribution in [0.5, 0.6) is 23.0 Å². The van der Waals surface area contributed by atoms with E-state index in [0.29, 0.717) is 11.6 Å². The molecule has 15 aromatic rings. The van der Waals surface area contributed by atoms with E-state index in [1.165, 1.54) is 44.3 Å². The van der Waals surface area contributed by atoms with Crippen LogP contribution in [-0.4, -0.2) is 19.9 Å². The molecule has 98 heavy (non-hydrogen) atoms. The Morgan fingerprint density at radius 1 is 0.276 bits per heavy atom. The van der Waals surface area contributed by atoms with Gasteiger partial charge in [0.2, 0.25) is 0 Å². The van der Waals surface area contributed by atoms with Crippen molar-refractivity contribution in [2.24, 2.45) is 5.92 Å². The molecule has 6 nitrogen and oxygen atoms in total. The average Bonchev–Trinajstić information content (AvgIpc) is 1.43. The maximum Gasteiger partial charge on any atom is 0.164 e. The van der Waals surface area contributed by atoms with Gasteiger partial charge in [0.05, 0.1) is 44.7 Å². The van der Waals surface area contributed by atoms with Gasteiger partial charge in [0, 0.05) is 56.3 Å². The second-order valence-corrected chi connectivity index (χ2v) is 26.2. The normalized spacial score (nSPS) is 17.6. The number of benzene rings is 13. The first-order chi connectivity index (χ1) is 48.6. The number of hydrogen-bond acceptors (Lipinski definition) is 6. The minimum Gasteiger partial charge on any atom is -0.456 e. The highest BCUT2D eigenvalue weighted by Crippen LogP contribution is 2.67. The summed E-state index contributed by atoms with van der Waals surface area (Å²) in [7, 11) is 0. The van der Waals surface area contributed by atoms with Gasteiger partial charge in [0.25, 0.3) is 0 Å². The highest BCUT2D eigenvalue weighted by atomic mass is 16.5. The summed E-state index contributed by atoms with van der Waals surface area (Å²) < 4.78 is 14.4. The fourth-order valence-electron chi connectivity index (χ4n) is 16.9. The van der Waals surface area contributed by atoms with Crippen molar-refractivity contribution in [1.82, 2.24) is 19.9 Å². The van der Waals surface area contributed by atoms with Gasteiger partial charge in [0.15, 0.2) is 11.6 Å². The van der Waals surface area contributed by atoms with Gasteiger partial charge in [-0.15, -0.1) is 0 Å². The van der Waals surface area contributed by atoms with Crippen LogP contribution in [0.4, 0.5) is 0 Å². The first-order valence-corrected chi connectivity index (χ1v) is 33.7. The Morgan fingerprint density at radius 3 is 1.46 bits per heavy atom. The van der Waals surface area contributed by atoms with E-state index in [1.54, 1.807) is 0 Å². The molecule has 0 fully saturated rings. The molecule has 5 aliphatic rings. The second kappa shape index (κ2) is 22.0. The summed E-state index contributed by atoms with van der Waals surface area (Å²) in [4.78, 5) is 21.8. The van der Waals surface area contributed by atoms with Gasteiger partial charge in [-0.2, -0.15) is 0 Å². The van der Waals surface area contributed by atoms with E-state index in [1.807, 2.05) is 12.1 Å². The van der Waals surface area contributed by atoms with Crippen molar-refractivity contribution in [3.63, 3.8) is 0 Å². The van der Waals surface area contributed by atoms with Gasteiger partial charge in [0.1, 0.15) is 23.0 Å². The third kappa shape index (κ3) is 8.34. The van der Waals surface area contributed by atoms with Crippen LogP contribution >= 0.6 is 0 Å². The van der Waals surface area contributed by atoms with Crippen LogP contribution < -0.4 is 9.47 Å². The molecule has 13 aromatic carbocycles. The largest absolute Gasteiger partial charge is 0.456 e. The number of hydrogen-bond donors (Lipinski definition) is 0. The second-order valence-electron chi connectivity index (χ2n) is 26.2. The first kappa shape index (κ1) is 55.8. The van der Waals surface area contributed by atoms with E-state index in [-0.39, 0.29) is 11.8 Å². The predicted octanol–water partition coefficient (Wildman–Crippen LogP) is 22.5. The Morgan fingerprint density at radius 2 is 0.745 bits per heavy atom. The third-order valence-electron chi connectivity index (χ3n) is 21.1. The lowest BCUT2D eigenvalue weighted by molar-refractivity contribution is 0.375. The van der Waals surface area contributed by atoms with Crippen LogP contribution in [-0.2, 0) is 10.8 Å². The molecule has 2 aliphatic heterocycles. The number of para-hydroxylation sites is 4. The molecular formula is C92H58N4O2. The molecule has 4 unspecified atom stereocenters. The number of fused-ring (bicyclic) bond motifs is 19. The fourth-order valence-corrected chi connectivity index (χ4v) is 16.9. The van der Waals surface area contributed by atoms with Crippen LogP contribution in [0, 0.1) is 5.92 Å². The third-order valence-corrected chi connectivity index (χ3v) is 21.1. The fraction of sp³-hybridized carbons (Fsp3) is 0.0435. The van der Waals surface area contributed by atoms with Gasteiger partial charge in [-0.25, -0.2) is 19.9 Å². The van der Waals surface area contributed by atoms with Crippen molar-refractivity contribution < 1.29 is 9.47 Å². The maximum absolute atomic E-state index is 7.27. The quantitative estimate of drug-likeness (QED) is 0.151. The average molecular weight is 1250 g/mol. The van der Waals surface area contributed by atoms with E-state index < -0.39 is 10.8 Å². The Bertz CT molecular complexity index is 5860. The SMILES string of the molecule is C1=CC2c3ccccc3C3(c4ccccc4Oc4c(-c5nc(-c6ccccc6)cc(-c6ccc(-c7cccc(-c8cccc9c8-c8ccccc8C98c9ccccc9Oc9c(-c%10nc(-c%11ccccc%11)cc(-c%11ccc%12ccccc%12c%11)n%10)cccc98)c7)cc6)n5)cccc43)C2C=C1. The molecule has 4 atom stereocenters. The summed E-state index contributed by atoms with van der Waals surface area (Å²) in [6.45, 7) is 0. The molecule has 4 heterocycles. The van der Waals surface area contributed by atoms with Crippen LogP contribution in [0.1, 0.15) is 50.4 Å². The molecule has 0 bridgehead atoms. The highest BCUT2D eigenvalue weighted by Gasteiger charge is 2.57. The number of nitrogens with zero attached hydrogens (tertiary/aromatic N) is 4. The number of rotatable bonds is 8. The molecule has 0 radical (unpaired) electrons. The number of allylic oxidation sites excluding steroid dienone is 4. The summed E-state index contributed by atoms with van der Waals surface area (Å²) in [5, 5.41) is 2.33. The van der Waals surface area contributed by atoms with Crippen LogP contribution in [0.15, 0.2) is 340 Å². The topological polar surface area (TPSA) is 70.0 Å². The van der Waals surface area contributed by atoms with Crippen LogP contribution in [0.2, 0.25) is 0 Å². The van der Waals surface area contributed by atoms with Gasteiger partial charge >= 0.3 is 0 Å². The minimum atomic E-state index is -0.758. The van der Waals surface area contributed by atoms with Crippen molar-refractivity contribution in [2.45, 2.75) is 16.7 Å². The van der Waals surface area contributed by atoms with Crippen molar-refractivity contribution in [1.29, 1.82) is 0 Å². The highest BCUT2D eigenvalue weighted by molar-refractivity contribution is 5.98. The monoisotopic (exact) mass is 1250 g/mol. The molecule has 0 saturated carbocycles. The molecule has 0 amide bonds. The lowest BCUT2D eigenvalue weighted by atomic mass is 9.61. The predicted molar refractivity (Wildman–Crippen MR) is 393 cm³/mol. The van der Waals surface area contributed by atoms with Crippen molar-refractivity contribution in [2.75, 3.05) is 0 Å². The summed E-state index contributed by atoms with van der Waals surface area (Å²) in [6, 6.07) is 113. The van der Waals surface area contributed by atoms with Crippen molar-refractivity contribution >= 4 is 10.8 Å². The first-order valence-electron chi connectivity index (χ1n) is 33.7. The van der Waals surface area contributed by atoms with Crippen molar-refractivity contribution in [3.8, 4) is 124 Å². The standard InChI is InChI=1S/C92H58N4O2/c1-3-24-59(25-4-1)80-55-82(95-89(93-80)70-35-21-43-78-87(70)97-84-45-17-15-40-75(84)91(78)72-37-12-9-31-67(72)68-32-10-13-38-73(68)91)61-50-47-58(48-51-61)63-29-19-30-64(53-63)66-34-20-42-77-86(66)69-33-11-14-39-74(69)92(77)76-41-16-18-46-85(76)98-88-71(36-22-44-79(88)92)90-94-81(60-26-5-2-6-27-60)56-83(96-90)65-52-49-57-23-7-8-28-62(57)54-65/h1-56,67,72H. The maximum atomic E-state index is 7.27. The van der Waals surface area contributed by atoms with E-state index in [0.717, 1.165) is 123 Å². The molecule has 0 N–H and O–H groups in total. The van der Waals surface area contributed by atoms with E-state index in [9.17, 15) is 0 Å². The number of aromatic nitrogens is 4. The zero-order valence-electron chi connectivity index (χ0n) is 53.1. The Kier molecular flexibility index (Phi) is 12.5. The molecular weight excluding hydrogens is 1190 g/mol. The molecule has 3 aliphatic carbocycles. The Balaban J connectivity index is 0.692. The lowest BCUT2D eigenvalue weighted by Gasteiger charge is -2.43. The van der Waals surface area contributed by atoms with Gasteiger partial charge in [-0.3, -0.25) is 0 Å². The van der Waals surface area contributed by atoms with E-state index in [2.05, 4.69) is 328 Å². The Hall–Kier alpha value is -12.6. The van der Waals surface area contributed by atoms with Gasteiger partial charge < -0.3 is 9.47 Å². The zero-order valence-corrected chi connectivity index (χ0v) is 53.1. The van der Waals surface area contributed by atoms with Crippen molar-refractivity contribution in [3.05, 3.63) is 384 Å². The molecule has 6 heteroatoms. The number of ether oxygens (including phenoxy) is 2. The minimum absolute atomic E-state index is 0.139. The zero-order chi connectivity index (χ0) is 64.5. The van der Waals surface area contributed by atoms with Gasteiger partial charge in [-0.05, 0) is 115 Å². The summed E-state index contributed by atoms with van der Waals surface area (Å²) in [5.74, 6) is 4.73. The molecule has 2 spiro atoms. The molecule has 458 valence electrons. The summed E-state index contributed by atoms with van der Waals surface area (Å²) >= 11 is 0. The van der Waals surface area contributed by atoms with Crippen LogP contribution in [0.3, 0.4) is 0 Å². The summed E-state index contributed by atoms with van der Waals surface area (Å²) in [5.41, 5.74) is 24.1. The van der Waals surface area contributed by atoms with Gasteiger partial charge in [-0.1, -0.05) is 291 Å².